The van der Waals surface area contributed by atoms with Crippen molar-refractivity contribution in [2.45, 2.75) is 48.4 Å². The topological polar surface area (TPSA) is 120 Å². The number of benzene rings is 1. The first-order chi connectivity index (χ1) is 14.4. The van der Waals surface area contributed by atoms with E-state index in [-0.39, 0.29) is 16.8 Å². The first-order valence-electron chi connectivity index (χ1n) is 10.0. The van der Waals surface area contributed by atoms with Gasteiger partial charge in [-0.2, -0.15) is 4.31 Å². The Labute approximate surface area is 180 Å². The second-order valence-corrected chi connectivity index (χ2v) is 10.3. The van der Waals surface area contributed by atoms with Crippen LogP contribution in [0.15, 0.2) is 34.3 Å². The first-order valence-corrected chi connectivity index (χ1v) is 12.4. The molecule has 2 aliphatic heterocycles. The lowest BCUT2D eigenvalue weighted by molar-refractivity contribution is -0.115. The van der Waals surface area contributed by atoms with Crippen LogP contribution < -0.4 is 5.73 Å². The Hall–Kier alpha value is -1.95. The maximum absolute atomic E-state index is 12.8. The van der Waals surface area contributed by atoms with Crippen LogP contribution in [0.2, 0.25) is 0 Å². The third kappa shape index (κ3) is 4.53. The smallest absolute Gasteiger partial charge is 0.243 e. The summed E-state index contributed by atoms with van der Waals surface area (Å²) < 4.78 is 34.7. The Morgan fingerprint density at radius 3 is 2.53 bits per heavy atom. The first kappa shape index (κ1) is 21.3. The normalized spacial score (nSPS) is 20.1. The summed E-state index contributed by atoms with van der Waals surface area (Å²) in [7, 11) is -3.46. The van der Waals surface area contributed by atoms with Gasteiger partial charge in [0.2, 0.25) is 15.9 Å². The maximum Gasteiger partial charge on any atom is 0.243 e. The molecule has 9 nitrogen and oxygen atoms in total. The molecule has 2 aliphatic rings. The number of hydrogen-bond donors (Lipinski definition) is 1. The van der Waals surface area contributed by atoms with E-state index in [2.05, 4.69) is 10.2 Å². The van der Waals surface area contributed by atoms with Gasteiger partial charge in [-0.1, -0.05) is 11.8 Å². The van der Waals surface area contributed by atoms with Crippen molar-refractivity contribution in [3.8, 4) is 11.4 Å². The van der Waals surface area contributed by atoms with Gasteiger partial charge in [0, 0.05) is 25.3 Å². The molecule has 0 aliphatic carbocycles. The molecule has 0 unspecified atom stereocenters. The van der Waals surface area contributed by atoms with Gasteiger partial charge in [-0.3, -0.25) is 9.36 Å². The molecule has 2 fully saturated rings. The lowest BCUT2D eigenvalue weighted by Gasteiger charge is -2.16. The lowest BCUT2D eigenvalue weighted by Crippen LogP contribution is -2.27. The Morgan fingerprint density at radius 1 is 1.17 bits per heavy atom. The van der Waals surface area contributed by atoms with E-state index in [1.807, 2.05) is 4.57 Å². The zero-order chi connectivity index (χ0) is 21.1. The van der Waals surface area contributed by atoms with Gasteiger partial charge in [0.25, 0.3) is 0 Å². The molecular weight excluding hydrogens is 426 g/mol. The molecule has 4 rings (SSSR count). The standard InChI is InChI=1S/C19H25N5O4S2/c20-17(25)13-29-19-22-21-18(24(19)12-15-4-3-11-28-15)14-5-7-16(8-6-14)30(26,27)23-9-1-2-10-23/h5-8,15H,1-4,9-13H2,(H2,20,25)/t15-/m1/s1. The number of thioether (sulfide) groups is 1. The molecule has 0 spiro atoms. The van der Waals surface area contributed by atoms with Crippen LogP contribution >= 0.6 is 11.8 Å². The summed E-state index contributed by atoms with van der Waals surface area (Å²) in [6, 6.07) is 6.73. The molecular formula is C19H25N5O4S2. The monoisotopic (exact) mass is 451 g/mol. The van der Waals surface area contributed by atoms with E-state index in [1.165, 1.54) is 16.1 Å². The number of amides is 1. The quantitative estimate of drug-likeness (QED) is 0.604. The fourth-order valence-corrected chi connectivity index (χ4v) is 5.96. The number of carbonyl (C=O) groups excluding carboxylic acids is 1. The van der Waals surface area contributed by atoms with Crippen LogP contribution in [-0.4, -0.2) is 64.9 Å². The molecule has 0 saturated carbocycles. The molecule has 11 heteroatoms. The van der Waals surface area contributed by atoms with E-state index >= 15 is 0 Å². The molecule has 2 N–H and O–H groups in total. The zero-order valence-electron chi connectivity index (χ0n) is 16.6. The number of primary amides is 1. The van der Waals surface area contributed by atoms with E-state index < -0.39 is 15.9 Å². The number of hydrogen-bond acceptors (Lipinski definition) is 7. The molecule has 3 heterocycles. The molecule has 2 saturated heterocycles. The van der Waals surface area contributed by atoms with Crippen molar-refractivity contribution < 1.29 is 17.9 Å². The summed E-state index contributed by atoms with van der Waals surface area (Å²) in [4.78, 5) is 11.5. The summed E-state index contributed by atoms with van der Waals surface area (Å²) in [6.45, 7) is 2.44. The summed E-state index contributed by atoms with van der Waals surface area (Å²) in [6.07, 6.45) is 3.81. The number of nitrogens with zero attached hydrogens (tertiary/aromatic N) is 4. The van der Waals surface area contributed by atoms with Crippen molar-refractivity contribution in [2.24, 2.45) is 5.73 Å². The summed E-state index contributed by atoms with van der Waals surface area (Å²) >= 11 is 1.23. The predicted molar refractivity (Wildman–Crippen MR) is 112 cm³/mol. The third-order valence-electron chi connectivity index (χ3n) is 5.29. The van der Waals surface area contributed by atoms with Crippen LogP contribution in [0.1, 0.15) is 25.7 Å². The summed E-state index contributed by atoms with van der Waals surface area (Å²) in [5, 5.41) is 9.12. The second kappa shape index (κ2) is 9.04. The third-order valence-corrected chi connectivity index (χ3v) is 8.19. The zero-order valence-corrected chi connectivity index (χ0v) is 18.2. The number of carbonyl (C=O) groups is 1. The Bertz CT molecular complexity index is 994. The van der Waals surface area contributed by atoms with Gasteiger partial charge in [0.05, 0.1) is 23.3 Å². The predicted octanol–water partition coefficient (Wildman–Crippen LogP) is 1.49. The van der Waals surface area contributed by atoms with E-state index in [1.54, 1.807) is 24.3 Å². The minimum atomic E-state index is -3.46. The average Bonchev–Trinajstić information content (AvgIpc) is 3.49. The molecule has 2 aromatic rings. The fraction of sp³-hybridized carbons (Fsp3) is 0.526. The number of sulfonamides is 1. The minimum Gasteiger partial charge on any atom is -0.376 e. The highest BCUT2D eigenvalue weighted by molar-refractivity contribution is 7.99. The SMILES string of the molecule is NC(=O)CSc1nnc(-c2ccc(S(=O)(=O)N3CCCC3)cc2)n1C[C@H]1CCCO1. The van der Waals surface area contributed by atoms with Crippen molar-refractivity contribution in [1.82, 2.24) is 19.1 Å². The summed E-state index contributed by atoms with van der Waals surface area (Å²) in [5.74, 6) is 0.295. The molecule has 1 amide bonds. The van der Waals surface area contributed by atoms with Crippen molar-refractivity contribution in [2.75, 3.05) is 25.4 Å². The fourth-order valence-electron chi connectivity index (χ4n) is 3.75. The largest absolute Gasteiger partial charge is 0.376 e. The number of aromatic nitrogens is 3. The molecule has 0 bridgehead atoms. The van der Waals surface area contributed by atoms with Gasteiger partial charge in [-0.25, -0.2) is 8.42 Å². The van der Waals surface area contributed by atoms with Crippen LogP contribution in [-0.2, 0) is 26.1 Å². The molecule has 1 atom stereocenters. The van der Waals surface area contributed by atoms with Gasteiger partial charge in [0.1, 0.15) is 0 Å². The van der Waals surface area contributed by atoms with Crippen LogP contribution in [0.25, 0.3) is 11.4 Å². The van der Waals surface area contributed by atoms with E-state index in [9.17, 15) is 13.2 Å². The van der Waals surface area contributed by atoms with E-state index in [0.717, 1.165) is 37.9 Å². The number of rotatable bonds is 8. The Morgan fingerprint density at radius 2 is 1.90 bits per heavy atom. The second-order valence-electron chi connectivity index (χ2n) is 7.44. The highest BCUT2D eigenvalue weighted by Gasteiger charge is 2.27. The molecule has 1 aromatic carbocycles. The van der Waals surface area contributed by atoms with Crippen molar-refractivity contribution in [3.05, 3.63) is 24.3 Å². The van der Waals surface area contributed by atoms with E-state index in [4.69, 9.17) is 10.5 Å². The molecule has 30 heavy (non-hydrogen) atoms. The lowest BCUT2D eigenvalue weighted by atomic mass is 10.2. The Balaban J connectivity index is 1.61. The van der Waals surface area contributed by atoms with E-state index in [0.29, 0.717) is 30.6 Å². The van der Waals surface area contributed by atoms with Crippen LogP contribution in [0.5, 0.6) is 0 Å². The highest BCUT2D eigenvalue weighted by Crippen LogP contribution is 2.28. The Kier molecular flexibility index (Phi) is 6.42. The number of nitrogens with two attached hydrogens (primary N) is 1. The van der Waals surface area contributed by atoms with Crippen molar-refractivity contribution in [1.29, 1.82) is 0 Å². The van der Waals surface area contributed by atoms with Crippen LogP contribution in [0.4, 0.5) is 0 Å². The van der Waals surface area contributed by atoms with Crippen molar-refractivity contribution in [3.63, 3.8) is 0 Å². The molecule has 162 valence electrons. The van der Waals surface area contributed by atoms with Gasteiger partial charge < -0.3 is 10.5 Å². The summed E-state index contributed by atoms with van der Waals surface area (Å²) in [5.41, 5.74) is 6.03. The van der Waals surface area contributed by atoms with Gasteiger partial charge in [-0.05, 0) is 49.9 Å². The molecule has 0 radical (unpaired) electrons. The van der Waals surface area contributed by atoms with Gasteiger partial charge in [0.15, 0.2) is 11.0 Å². The van der Waals surface area contributed by atoms with Crippen molar-refractivity contribution >= 4 is 27.7 Å². The minimum absolute atomic E-state index is 0.0579. The molecule has 1 aromatic heterocycles. The van der Waals surface area contributed by atoms with Crippen LogP contribution in [0, 0.1) is 0 Å². The highest BCUT2D eigenvalue weighted by atomic mass is 32.2. The number of ether oxygens (including phenoxy) is 1. The van der Waals surface area contributed by atoms with Gasteiger partial charge >= 0.3 is 0 Å². The van der Waals surface area contributed by atoms with Gasteiger partial charge in [-0.15, -0.1) is 10.2 Å². The average molecular weight is 452 g/mol. The van der Waals surface area contributed by atoms with Crippen LogP contribution in [0.3, 0.4) is 0 Å². The maximum atomic E-state index is 12.8.